The first-order valence-electron chi connectivity index (χ1n) is 4.75. The monoisotopic (exact) mass is 208 g/mol. The number of carboxylic acids is 1. The predicted octanol–water partition coefficient (Wildman–Crippen LogP) is -0.661. The third kappa shape index (κ3) is 2.21. The van der Waals surface area contributed by atoms with Gasteiger partial charge in [-0.15, -0.1) is 0 Å². The molecule has 0 amide bonds. The van der Waals surface area contributed by atoms with Crippen molar-refractivity contribution in [2.45, 2.75) is 6.04 Å². The summed E-state index contributed by atoms with van der Waals surface area (Å²) >= 11 is 0. The van der Waals surface area contributed by atoms with Crippen molar-refractivity contribution >= 4 is 11.9 Å². The van der Waals surface area contributed by atoms with E-state index < -0.39 is 12.0 Å². The van der Waals surface area contributed by atoms with Crippen molar-refractivity contribution in [3.63, 3.8) is 0 Å². The van der Waals surface area contributed by atoms with Gasteiger partial charge in [0.25, 0.3) is 0 Å². The summed E-state index contributed by atoms with van der Waals surface area (Å²) in [6.07, 6.45) is 3.31. The third-order valence-corrected chi connectivity index (χ3v) is 2.31. The number of nitrogens with zero attached hydrogens (tertiary/aromatic N) is 3. The summed E-state index contributed by atoms with van der Waals surface area (Å²) in [6, 6.07) is 1.20. The highest BCUT2D eigenvalue weighted by atomic mass is 16.4. The molecule has 1 saturated heterocycles. The summed E-state index contributed by atoms with van der Waals surface area (Å²) in [5, 5.41) is 11.8. The van der Waals surface area contributed by atoms with E-state index in [1.807, 2.05) is 4.90 Å². The van der Waals surface area contributed by atoms with Crippen LogP contribution in [0.4, 0.5) is 5.95 Å². The molecule has 0 spiro atoms. The van der Waals surface area contributed by atoms with Gasteiger partial charge in [0.1, 0.15) is 6.04 Å². The van der Waals surface area contributed by atoms with Crippen molar-refractivity contribution in [1.82, 2.24) is 15.3 Å². The maximum absolute atomic E-state index is 10.8. The van der Waals surface area contributed by atoms with Gasteiger partial charge in [-0.05, 0) is 6.07 Å². The number of rotatable bonds is 2. The van der Waals surface area contributed by atoms with Crippen LogP contribution in [0, 0.1) is 0 Å². The molecular formula is C9H12N4O2. The first-order chi connectivity index (χ1) is 7.27. The maximum Gasteiger partial charge on any atom is 0.322 e. The summed E-state index contributed by atoms with van der Waals surface area (Å²) < 4.78 is 0. The molecule has 1 fully saturated rings. The maximum atomic E-state index is 10.8. The quantitative estimate of drug-likeness (QED) is 0.671. The molecule has 0 bridgehead atoms. The highest BCUT2D eigenvalue weighted by Gasteiger charge is 2.25. The number of aromatic nitrogens is 2. The summed E-state index contributed by atoms with van der Waals surface area (Å²) in [4.78, 5) is 20.9. The minimum atomic E-state index is -0.837. The normalized spacial score (nSPS) is 21.3. The minimum absolute atomic E-state index is 0.402. The van der Waals surface area contributed by atoms with Gasteiger partial charge in [0, 0.05) is 32.0 Å². The number of carboxylic acid groups (broad SMARTS) is 1. The fraction of sp³-hybridized carbons (Fsp3) is 0.444. The van der Waals surface area contributed by atoms with Crippen LogP contribution in [-0.2, 0) is 4.79 Å². The standard InChI is InChI=1S/C9H12N4O2/c14-8(15)7-6-13(5-4-10-7)9-11-2-1-3-12-9/h1-3,7,10H,4-6H2,(H,14,15)/t7-/m0/s1. The first-order valence-corrected chi connectivity index (χ1v) is 4.75. The minimum Gasteiger partial charge on any atom is -0.480 e. The molecule has 1 aromatic heterocycles. The Bertz CT molecular complexity index is 343. The van der Waals surface area contributed by atoms with E-state index in [1.165, 1.54) is 0 Å². The van der Waals surface area contributed by atoms with Crippen molar-refractivity contribution in [1.29, 1.82) is 0 Å². The number of anilines is 1. The fourth-order valence-corrected chi connectivity index (χ4v) is 1.55. The lowest BCUT2D eigenvalue weighted by molar-refractivity contribution is -0.139. The van der Waals surface area contributed by atoms with Crippen LogP contribution in [0.1, 0.15) is 0 Å². The molecule has 1 aliphatic rings. The molecule has 6 nitrogen and oxygen atoms in total. The predicted molar refractivity (Wildman–Crippen MR) is 53.7 cm³/mol. The van der Waals surface area contributed by atoms with E-state index in [9.17, 15) is 4.79 Å². The second-order valence-corrected chi connectivity index (χ2v) is 3.34. The van der Waals surface area contributed by atoms with Gasteiger partial charge < -0.3 is 15.3 Å². The van der Waals surface area contributed by atoms with Crippen LogP contribution in [0.2, 0.25) is 0 Å². The number of aliphatic carboxylic acids is 1. The molecule has 2 rings (SSSR count). The highest BCUT2D eigenvalue weighted by Crippen LogP contribution is 2.08. The van der Waals surface area contributed by atoms with E-state index in [0.29, 0.717) is 19.0 Å². The van der Waals surface area contributed by atoms with Crippen LogP contribution in [-0.4, -0.2) is 46.7 Å². The molecule has 0 aliphatic carbocycles. The molecule has 1 atom stereocenters. The van der Waals surface area contributed by atoms with Crippen LogP contribution in [0.15, 0.2) is 18.5 Å². The van der Waals surface area contributed by atoms with E-state index in [1.54, 1.807) is 18.5 Å². The van der Waals surface area contributed by atoms with E-state index in [2.05, 4.69) is 15.3 Å². The Kier molecular flexibility index (Phi) is 2.77. The van der Waals surface area contributed by atoms with Crippen molar-refractivity contribution in [2.24, 2.45) is 0 Å². The Morgan fingerprint density at radius 3 is 2.93 bits per heavy atom. The van der Waals surface area contributed by atoms with Gasteiger partial charge in [-0.25, -0.2) is 9.97 Å². The molecule has 80 valence electrons. The molecule has 1 aliphatic heterocycles. The van der Waals surface area contributed by atoms with Crippen LogP contribution in [0.3, 0.4) is 0 Å². The number of hydrogen-bond donors (Lipinski definition) is 2. The summed E-state index contributed by atoms with van der Waals surface area (Å²) in [5.41, 5.74) is 0. The Labute approximate surface area is 87.0 Å². The van der Waals surface area contributed by atoms with E-state index in [0.717, 1.165) is 6.54 Å². The Balaban J connectivity index is 2.08. The third-order valence-electron chi connectivity index (χ3n) is 2.31. The Morgan fingerprint density at radius 1 is 1.53 bits per heavy atom. The van der Waals surface area contributed by atoms with Gasteiger partial charge in [-0.3, -0.25) is 4.79 Å². The molecular weight excluding hydrogens is 196 g/mol. The van der Waals surface area contributed by atoms with Crippen LogP contribution in [0.5, 0.6) is 0 Å². The van der Waals surface area contributed by atoms with Crippen molar-refractivity contribution in [2.75, 3.05) is 24.5 Å². The number of piperazine rings is 1. The van der Waals surface area contributed by atoms with E-state index in [4.69, 9.17) is 5.11 Å². The molecule has 2 N–H and O–H groups in total. The molecule has 6 heteroatoms. The number of hydrogen-bond acceptors (Lipinski definition) is 5. The van der Waals surface area contributed by atoms with Crippen molar-refractivity contribution in [3.05, 3.63) is 18.5 Å². The second-order valence-electron chi connectivity index (χ2n) is 3.34. The lowest BCUT2D eigenvalue weighted by Gasteiger charge is -2.31. The lowest BCUT2D eigenvalue weighted by atomic mass is 10.2. The Hall–Kier alpha value is -1.69. The van der Waals surface area contributed by atoms with Gasteiger partial charge in [0.2, 0.25) is 5.95 Å². The van der Waals surface area contributed by atoms with Gasteiger partial charge in [-0.1, -0.05) is 0 Å². The zero-order valence-electron chi connectivity index (χ0n) is 8.13. The summed E-state index contributed by atoms with van der Waals surface area (Å²) in [7, 11) is 0. The van der Waals surface area contributed by atoms with E-state index in [-0.39, 0.29) is 0 Å². The first kappa shape index (κ1) is 9.85. The van der Waals surface area contributed by atoms with Gasteiger partial charge in [-0.2, -0.15) is 0 Å². The average molecular weight is 208 g/mol. The summed E-state index contributed by atoms with van der Waals surface area (Å²) in [5.74, 6) is -0.249. The molecule has 15 heavy (non-hydrogen) atoms. The number of carbonyl (C=O) groups is 1. The van der Waals surface area contributed by atoms with Gasteiger partial charge in [0.15, 0.2) is 0 Å². The largest absolute Gasteiger partial charge is 0.480 e. The van der Waals surface area contributed by atoms with Gasteiger partial charge >= 0.3 is 5.97 Å². The van der Waals surface area contributed by atoms with Crippen LogP contribution >= 0.6 is 0 Å². The van der Waals surface area contributed by atoms with Crippen molar-refractivity contribution < 1.29 is 9.90 Å². The molecule has 0 radical (unpaired) electrons. The number of nitrogens with one attached hydrogen (secondary N) is 1. The fourth-order valence-electron chi connectivity index (χ4n) is 1.55. The van der Waals surface area contributed by atoms with Crippen LogP contribution in [0.25, 0.3) is 0 Å². The molecule has 0 saturated carbocycles. The molecule has 0 unspecified atom stereocenters. The van der Waals surface area contributed by atoms with Gasteiger partial charge in [0.05, 0.1) is 0 Å². The van der Waals surface area contributed by atoms with Crippen LogP contribution < -0.4 is 10.2 Å². The smallest absolute Gasteiger partial charge is 0.322 e. The lowest BCUT2D eigenvalue weighted by Crippen LogP contribution is -2.54. The molecule has 1 aromatic rings. The molecule has 2 heterocycles. The van der Waals surface area contributed by atoms with Crippen molar-refractivity contribution in [3.8, 4) is 0 Å². The SMILES string of the molecule is O=C(O)[C@@H]1CN(c2ncccn2)CCN1. The second kappa shape index (κ2) is 4.22. The highest BCUT2D eigenvalue weighted by molar-refractivity contribution is 5.74. The summed E-state index contributed by atoms with van der Waals surface area (Å²) in [6.45, 7) is 1.77. The Morgan fingerprint density at radius 2 is 2.27 bits per heavy atom. The zero-order valence-corrected chi connectivity index (χ0v) is 8.13. The average Bonchev–Trinajstić information content (AvgIpc) is 2.30. The van der Waals surface area contributed by atoms with E-state index >= 15 is 0 Å². The zero-order chi connectivity index (χ0) is 10.7. The molecule has 0 aromatic carbocycles. The topological polar surface area (TPSA) is 78.3 Å².